The van der Waals surface area contributed by atoms with E-state index >= 15 is 0 Å². The molecule has 0 amide bonds. The molecule has 1 aromatic carbocycles. The number of thiazole rings is 1. The first-order valence-corrected chi connectivity index (χ1v) is 8.55. The summed E-state index contributed by atoms with van der Waals surface area (Å²) in [5.41, 5.74) is 3.02. The van der Waals surface area contributed by atoms with E-state index < -0.39 is 0 Å². The maximum absolute atomic E-state index is 5.21. The first kappa shape index (κ1) is 16.4. The summed E-state index contributed by atoms with van der Waals surface area (Å²) in [6.45, 7) is 6.09. The predicted molar refractivity (Wildman–Crippen MR) is 97.6 cm³/mol. The lowest BCUT2D eigenvalue weighted by molar-refractivity contribution is 0.415. The molecule has 2 aromatic heterocycles. The van der Waals surface area contributed by atoms with E-state index in [9.17, 15) is 0 Å². The number of aromatic nitrogens is 3. The number of nitrogens with one attached hydrogen (secondary N) is 1. The van der Waals surface area contributed by atoms with E-state index in [-0.39, 0.29) is 6.04 Å². The maximum Gasteiger partial charge on any atom is 0.145 e. The number of nitrogens with zero attached hydrogens (tertiary/aromatic N) is 3. The summed E-state index contributed by atoms with van der Waals surface area (Å²) in [7, 11) is 1.67. The molecule has 124 valence electrons. The van der Waals surface area contributed by atoms with Gasteiger partial charge in [0.1, 0.15) is 16.6 Å². The van der Waals surface area contributed by atoms with E-state index in [2.05, 4.69) is 22.2 Å². The van der Waals surface area contributed by atoms with Gasteiger partial charge < -0.3 is 10.1 Å². The molecule has 1 unspecified atom stereocenters. The molecular weight excluding hydrogens is 320 g/mol. The van der Waals surface area contributed by atoms with Crippen LogP contribution in [0.2, 0.25) is 0 Å². The van der Waals surface area contributed by atoms with Gasteiger partial charge in [-0.15, -0.1) is 11.3 Å². The Morgan fingerprint density at radius 3 is 2.50 bits per heavy atom. The Morgan fingerprint density at radius 1 is 1.08 bits per heavy atom. The molecule has 0 aliphatic heterocycles. The van der Waals surface area contributed by atoms with Gasteiger partial charge in [0.15, 0.2) is 0 Å². The van der Waals surface area contributed by atoms with Crippen LogP contribution in [0, 0.1) is 13.8 Å². The number of methoxy groups -OCH3 is 1. The normalized spacial score (nSPS) is 12.0. The molecule has 3 rings (SSSR count). The summed E-state index contributed by atoms with van der Waals surface area (Å²) < 4.78 is 5.21. The smallest absolute Gasteiger partial charge is 0.145 e. The van der Waals surface area contributed by atoms with Crippen LogP contribution in [-0.4, -0.2) is 22.1 Å². The van der Waals surface area contributed by atoms with E-state index in [0.717, 1.165) is 33.5 Å². The zero-order valence-electron chi connectivity index (χ0n) is 14.2. The minimum Gasteiger partial charge on any atom is -0.497 e. The number of hydrogen-bond donors (Lipinski definition) is 1. The van der Waals surface area contributed by atoms with Crippen molar-refractivity contribution < 1.29 is 4.74 Å². The summed E-state index contributed by atoms with van der Waals surface area (Å²) in [6.07, 6.45) is 3.49. The third kappa shape index (κ3) is 3.54. The average molecular weight is 340 g/mol. The van der Waals surface area contributed by atoms with Crippen molar-refractivity contribution in [2.45, 2.75) is 26.8 Å². The van der Waals surface area contributed by atoms with E-state index in [1.165, 1.54) is 4.88 Å². The molecule has 0 spiro atoms. The molecule has 0 aliphatic carbocycles. The van der Waals surface area contributed by atoms with Crippen LogP contribution >= 0.6 is 11.3 Å². The summed E-state index contributed by atoms with van der Waals surface area (Å²) in [4.78, 5) is 14.5. The van der Waals surface area contributed by atoms with Crippen molar-refractivity contribution in [3.05, 3.63) is 52.9 Å². The first-order valence-electron chi connectivity index (χ1n) is 7.73. The number of anilines is 1. The molecule has 0 aliphatic rings. The second-order valence-electron chi connectivity index (χ2n) is 5.61. The Labute approximate surface area is 145 Å². The standard InChI is InChI=1S/C18H20N4OS/c1-11-9-19-10-16(20-11)21-12(2)17-13(3)22-18(24-17)14-5-7-15(23-4)8-6-14/h5-10,12H,1-4H3,(H,20,21). The van der Waals surface area contributed by atoms with Crippen LogP contribution in [0.15, 0.2) is 36.7 Å². The van der Waals surface area contributed by atoms with Crippen molar-refractivity contribution in [1.82, 2.24) is 15.0 Å². The van der Waals surface area contributed by atoms with Crippen LogP contribution in [0.1, 0.15) is 29.2 Å². The molecule has 1 atom stereocenters. The fourth-order valence-corrected chi connectivity index (χ4v) is 3.56. The lowest BCUT2D eigenvalue weighted by atomic mass is 10.2. The molecule has 0 fully saturated rings. The van der Waals surface area contributed by atoms with E-state index in [4.69, 9.17) is 9.72 Å². The number of benzene rings is 1. The van der Waals surface area contributed by atoms with E-state index in [1.54, 1.807) is 30.8 Å². The molecule has 1 N–H and O–H groups in total. The van der Waals surface area contributed by atoms with Gasteiger partial charge in [-0.3, -0.25) is 4.98 Å². The van der Waals surface area contributed by atoms with Gasteiger partial charge in [0, 0.05) is 16.6 Å². The SMILES string of the molecule is COc1ccc(-c2nc(C)c(C(C)Nc3cncc(C)n3)s2)cc1. The molecule has 2 heterocycles. The Kier molecular flexibility index (Phi) is 4.76. The van der Waals surface area contributed by atoms with Crippen molar-refractivity contribution in [3.63, 3.8) is 0 Å². The minimum atomic E-state index is 0.116. The van der Waals surface area contributed by atoms with Gasteiger partial charge in [-0.2, -0.15) is 0 Å². The highest BCUT2D eigenvalue weighted by Crippen LogP contribution is 2.33. The van der Waals surface area contributed by atoms with Gasteiger partial charge in [0.25, 0.3) is 0 Å². The fourth-order valence-electron chi connectivity index (χ4n) is 2.49. The maximum atomic E-state index is 5.21. The summed E-state index contributed by atoms with van der Waals surface area (Å²) in [5.74, 6) is 1.63. The summed E-state index contributed by atoms with van der Waals surface area (Å²) in [5, 5.41) is 4.41. The van der Waals surface area contributed by atoms with Gasteiger partial charge in [-0.05, 0) is 45.0 Å². The van der Waals surface area contributed by atoms with Crippen LogP contribution in [0.4, 0.5) is 5.82 Å². The highest BCUT2D eigenvalue weighted by Gasteiger charge is 2.16. The van der Waals surface area contributed by atoms with Gasteiger partial charge in [-0.25, -0.2) is 9.97 Å². The Bertz CT molecular complexity index is 829. The number of aryl methyl sites for hydroxylation is 2. The third-order valence-corrected chi connectivity index (χ3v) is 5.07. The summed E-state index contributed by atoms with van der Waals surface area (Å²) >= 11 is 1.69. The van der Waals surface area contributed by atoms with Crippen molar-refractivity contribution in [3.8, 4) is 16.3 Å². The monoisotopic (exact) mass is 340 g/mol. The molecule has 0 bridgehead atoms. The second kappa shape index (κ2) is 6.97. The highest BCUT2D eigenvalue weighted by atomic mass is 32.1. The fraction of sp³-hybridized carbons (Fsp3) is 0.278. The molecule has 5 nitrogen and oxygen atoms in total. The largest absolute Gasteiger partial charge is 0.497 e. The molecule has 3 aromatic rings. The van der Waals surface area contributed by atoms with Crippen LogP contribution < -0.4 is 10.1 Å². The van der Waals surface area contributed by atoms with Crippen molar-refractivity contribution in [2.75, 3.05) is 12.4 Å². The topological polar surface area (TPSA) is 59.9 Å². The summed E-state index contributed by atoms with van der Waals surface area (Å²) in [6, 6.07) is 8.09. The van der Waals surface area contributed by atoms with E-state index in [1.807, 2.05) is 38.1 Å². The number of hydrogen-bond acceptors (Lipinski definition) is 6. The van der Waals surface area contributed by atoms with Crippen molar-refractivity contribution >= 4 is 17.2 Å². The quantitative estimate of drug-likeness (QED) is 0.746. The lowest BCUT2D eigenvalue weighted by Crippen LogP contribution is -2.08. The number of ether oxygens (including phenoxy) is 1. The van der Waals surface area contributed by atoms with Gasteiger partial charge in [0.05, 0.1) is 30.7 Å². The van der Waals surface area contributed by atoms with Crippen LogP contribution in [0.5, 0.6) is 5.75 Å². The first-order chi connectivity index (χ1) is 11.6. The molecule has 0 radical (unpaired) electrons. The zero-order valence-corrected chi connectivity index (χ0v) is 15.0. The Balaban J connectivity index is 1.82. The van der Waals surface area contributed by atoms with Crippen LogP contribution in [-0.2, 0) is 0 Å². The van der Waals surface area contributed by atoms with Gasteiger partial charge in [-0.1, -0.05) is 0 Å². The molecule has 0 saturated carbocycles. The Morgan fingerprint density at radius 2 is 1.83 bits per heavy atom. The molecule has 0 saturated heterocycles. The third-order valence-electron chi connectivity index (χ3n) is 3.68. The van der Waals surface area contributed by atoms with E-state index in [0.29, 0.717) is 0 Å². The van der Waals surface area contributed by atoms with Crippen LogP contribution in [0.3, 0.4) is 0 Å². The van der Waals surface area contributed by atoms with Crippen LogP contribution in [0.25, 0.3) is 10.6 Å². The zero-order chi connectivity index (χ0) is 17.1. The second-order valence-corrected chi connectivity index (χ2v) is 6.64. The van der Waals surface area contributed by atoms with Crippen molar-refractivity contribution in [1.29, 1.82) is 0 Å². The predicted octanol–water partition coefficient (Wildman–Crippen LogP) is 4.40. The lowest BCUT2D eigenvalue weighted by Gasteiger charge is -2.13. The van der Waals surface area contributed by atoms with Gasteiger partial charge >= 0.3 is 0 Å². The Hall–Kier alpha value is -2.47. The minimum absolute atomic E-state index is 0.116. The van der Waals surface area contributed by atoms with Gasteiger partial charge in [0.2, 0.25) is 0 Å². The molecule has 6 heteroatoms. The molecule has 24 heavy (non-hydrogen) atoms. The van der Waals surface area contributed by atoms with Crippen molar-refractivity contribution in [2.24, 2.45) is 0 Å². The molecular formula is C18H20N4OS. The highest BCUT2D eigenvalue weighted by molar-refractivity contribution is 7.15. The number of rotatable bonds is 5. The average Bonchev–Trinajstić information content (AvgIpc) is 2.97.